The summed E-state index contributed by atoms with van der Waals surface area (Å²) in [6.45, 7) is 3.24. The van der Waals surface area contributed by atoms with Gasteiger partial charge in [-0.1, -0.05) is 17.7 Å². The number of benzene rings is 1. The van der Waals surface area contributed by atoms with Gasteiger partial charge in [0, 0.05) is 32.6 Å². The predicted molar refractivity (Wildman–Crippen MR) is 86.3 cm³/mol. The van der Waals surface area contributed by atoms with Gasteiger partial charge in [0.1, 0.15) is 5.82 Å². The van der Waals surface area contributed by atoms with Crippen molar-refractivity contribution in [1.82, 2.24) is 4.90 Å². The number of likely N-dealkylation sites (tertiary alicyclic amines) is 1. The summed E-state index contributed by atoms with van der Waals surface area (Å²) >= 11 is 6.09. The minimum absolute atomic E-state index is 0.0975. The molecule has 1 heterocycles. The highest BCUT2D eigenvalue weighted by Gasteiger charge is 2.30. The Morgan fingerprint density at radius 2 is 2.04 bits per heavy atom. The standard InChI is InChI=1S/C16H20ClFN2O3/c1-11(21)20(16-13(17)3-2-4-14(16)18)12-5-8-19(9-6-12)10-7-15(22)23/h2-4,12H,5-10H2,1H3,(H,22,23). The van der Waals surface area contributed by atoms with Crippen molar-refractivity contribution >= 4 is 29.2 Å². The second kappa shape index (κ2) is 7.75. The van der Waals surface area contributed by atoms with Gasteiger partial charge in [-0.3, -0.25) is 9.59 Å². The number of piperidine rings is 1. The number of amides is 1. The molecule has 1 saturated heterocycles. The molecule has 23 heavy (non-hydrogen) atoms. The molecule has 1 aromatic carbocycles. The Morgan fingerprint density at radius 3 is 2.57 bits per heavy atom. The van der Waals surface area contributed by atoms with Crippen molar-refractivity contribution in [2.45, 2.75) is 32.2 Å². The van der Waals surface area contributed by atoms with Crippen molar-refractivity contribution in [3.05, 3.63) is 29.0 Å². The summed E-state index contributed by atoms with van der Waals surface area (Å²) in [7, 11) is 0. The molecule has 0 bridgehead atoms. The predicted octanol–water partition coefficient (Wildman–Crippen LogP) is 2.77. The van der Waals surface area contributed by atoms with Crippen LogP contribution in [0.25, 0.3) is 0 Å². The second-order valence-corrected chi connectivity index (χ2v) is 6.08. The van der Waals surface area contributed by atoms with Gasteiger partial charge in [0.15, 0.2) is 0 Å². The largest absolute Gasteiger partial charge is 0.481 e. The third kappa shape index (κ3) is 4.42. The highest BCUT2D eigenvalue weighted by molar-refractivity contribution is 6.33. The fourth-order valence-corrected chi connectivity index (χ4v) is 3.23. The van der Waals surface area contributed by atoms with Crippen LogP contribution in [-0.2, 0) is 9.59 Å². The average molecular weight is 343 g/mol. The molecule has 0 aliphatic carbocycles. The highest BCUT2D eigenvalue weighted by atomic mass is 35.5. The van der Waals surface area contributed by atoms with E-state index in [2.05, 4.69) is 0 Å². The van der Waals surface area contributed by atoms with Gasteiger partial charge in [-0.15, -0.1) is 0 Å². The number of carboxylic acid groups (broad SMARTS) is 1. The fourth-order valence-electron chi connectivity index (χ4n) is 2.97. The van der Waals surface area contributed by atoms with Crippen LogP contribution in [0.3, 0.4) is 0 Å². The van der Waals surface area contributed by atoms with Crippen molar-refractivity contribution in [2.75, 3.05) is 24.5 Å². The molecule has 7 heteroatoms. The smallest absolute Gasteiger partial charge is 0.304 e. The Hall–Kier alpha value is -1.66. The molecule has 1 N–H and O–H groups in total. The first-order valence-corrected chi connectivity index (χ1v) is 7.96. The number of carboxylic acids is 1. The van der Waals surface area contributed by atoms with Crippen molar-refractivity contribution in [3.63, 3.8) is 0 Å². The summed E-state index contributed by atoms with van der Waals surface area (Å²) in [4.78, 5) is 26.2. The summed E-state index contributed by atoms with van der Waals surface area (Å²) in [6, 6.07) is 4.23. The Morgan fingerprint density at radius 1 is 1.39 bits per heavy atom. The molecule has 0 atom stereocenters. The number of carbonyl (C=O) groups excluding carboxylic acids is 1. The lowest BCUT2D eigenvalue weighted by Crippen LogP contribution is -2.47. The lowest BCUT2D eigenvalue weighted by molar-refractivity contribution is -0.137. The summed E-state index contributed by atoms with van der Waals surface area (Å²) in [6.07, 6.45) is 1.41. The normalized spacial score (nSPS) is 16.3. The number of hydrogen-bond acceptors (Lipinski definition) is 3. The van der Waals surface area contributed by atoms with Crippen LogP contribution in [0.2, 0.25) is 5.02 Å². The number of rotatable bonds is 5. The van der Waals surface area contributed by atoms with Crippen molar-refractivity contribution in [1.29, 1.82) is 0 Å². The first-order valence-electron chi connectivity index (χ1n) is 7.58. The molecule has 126 valence electrons. The number of carbonyl (C=O) groups is 2. The number of anilines is 1. The van der Waals surface area contributed by atoms with E-state index in [9.17, 15) is 14.0 Å². The molecule has 1 aromatic rings. The van der Waals surface area contributed by atoms with Crippen LogP contribution in [0.5, 0.6) is 0 Å². The molecular weight excluding hydrogens is 323 g/mol. The molecule has 0 radical (unpaired) electrons. The molecule has 5 nitrogen and oxygen atoms in total. The molecule has 0 unspecified atom stereocenters. The van der Waals surface area contributed by atoms with Crippen LogP contribution in [0.15, 0.2) is 18.2 Å². The van der Waals surface area contributed by atoms with Gasteiger partial charge in [0.05, 0.1) is 17.1 Å². The van der Waals surface area contributed by atoms with Crippen LogP contribution in [-0.4, -0.2) is 47.6 Å². The van der Waals surface area contributed by atoms with E-state index >= 15 is 0 Å². The number of aliphatic carboxylic acids is 1. The van der Waals surface area contributed by atoms with E-state index in [1.807, 2.05) is 4.90 Å². The van der Waals surface area contributed by atoms with Crippen LogP contribution in [0.4, 0.5) is 10.1 Å². The summed E-state index contributed by atoms with van der Waals surface area (Å²) < 4.78 is 14.1. The Balaban J connectivity index is 2.09. The lowest BCUT2D eigenvalue weighted by atomic mass is 10.0. The number of halogens is 2. The van der Waals surface area contributed by atoms with Crippen molar-refractivity contribution in [3.8, 4) is 0 Å². The molecule has 2 rings (SSSR count). The maximum absolute atomic E-state index is 14.1. The zero-order chi connectivity index (χ0) is 17.0. The third-order valence-electron chi connectivity index (χ3n) is 4.08. The topological polar surface area (TPSA) is 60.9 Å². The molecule has 0 spiro atoms. The van der Waals surface area contributed by atoms with Gasteiger partial charge in [0.2, 0.25) is 5.91 Å². The quantitative estimate of drug-likeness (QED) is 0.893. The molecule has 1 fully saturated rings. The van der Waals surface area contributed by atoms with E-state index in [4.69, 9.17) is 16.7 Å². The van der Waals surface area contributed by atoms with E-state index in [1.54, 1.807) is 6.07 Å². The average Bonchev–Trinajstić information content (AvgIpc) is 2.49. The Labute approximate surface area is 139 Å². The van der Waals surface area contributed by atoms with Crippen molar-refractivity contribution in [2.24, 2.45) is 0 Å². The first kappa shape index (κ1) is 17.7. The van der Waals surface area contributed by atoms with Gasteiger partial charge in [-0.25, -0.2) is 4.39 Å². The molecule has 1 aliphatic heterocycles. The number of nitrogens with zero attached hydrogens (tertiary/aromatic N) is 2. The van der Waals surface area contributed by atoms with Crippen LogP contribution in [0.1, 0.15) is 26.2 Å². The molecule has 0 aromatic heterocycles. The van der Waals surface area contributed by atoms with Gasteiger partial charge < -0.3 is 14.9 Å². The SMILES string of the molecule is CC(=O)N(c1c(F)cccc1Cl)C1CCN(CCC(=O)O)CC1. The van der Waals surface area contributed by atoms with E-state index < -0.39 is 11.8 Å². The Bertz CT molecular complexity index is 568. The zero-order valence-electron chi connectivity index (χ0n) is 13.0. The molecule has 1 aliphatic rings. The van der Waals surface area contributed by atoms with Gasteiger partial charge in [-0.05, 0) is 25.0 Å². The van der Waals surface area contributed by atoms with Gasteiger partial charge in [-0.2, -0.15) is 0 Å². The third-order valence-corrected chi connectivity index (χ3v) is 4.39. The van der Waals surface area contributed by atoms with E-state index in [1.165, 1.54) is 24.0 Å². The highest BCUT2D eigenvalue weighted by Crippen LogP contribution is 2.33. The van der Waals surface area contributed by atoms with E-state index in [-0.39, 0.29) is 29.1 Å². The van der Waals surface area contributed by atoms with Gasteiger partial charge >= 0.3 is 5.97 Å². The maximum Gasteiger partial charge on any atom is 0.304 e. The molecule has 1 amide bonds. The van der Waals surface area contributed by atoms with E-state index in [0.717, 1.165) is 0 Å². The fraction of sp³-hybridized carbons (Fsp3) is 0.500. The maximum atomic E-state index is 14.1. The second-order valence-electron chi connectivity index (χ2n) is 5.68. The molecule has 0 saturated carbocycles. The minimum Gasteiger partial charge on any atom is -0.481 e. The van der Waals surface area contributed by atoms with Gasteiger partial charge in [0.25, 0.3) is 0 Å². The summed E-state index contributed by atoms with van der Waals surface area (Å²) in [5, 5.41) is 8.95. The number of para-hydroxylation sites is 1. The zero-order valence-corrected chi connectivity index (χ0v) is 13.7. The minimum atomic E-state index is -0.823. The summed E-state index contributed by atoms with van der Waals surface area (Å²) in [5.41, 5.74) is 0.130. The van der Waals surface area contributed by atoms with Crippen LogP contribution >= 0.6 is 11.6 Å². The summed E-state index contributed by atoms with van der Waals surface area (Å²) in [5.74, 6) is -1.59. The first-order chi connectivity index (χ1) is 10.9. The van der Waals surface area contributed by atoms with E-state index in [0.29, 0.717) is 32.5 Å². The van der Waals surface area contributed by atoms with Crippen LogP contribution < -0.4 is 4.90 Å². The Kier molecular flexibility index (Phi) is 5.96. The van der Waals surface area contributed by atoms with Crippen molar-refractivity contribution < 1.29 is 19.1 Å². The van der Waals surface area contributed by atoms with Crippen LogP contribution in [0, 0.1) is 5.82 Å². The number of hydrogen-bond donors (Lipinski definition) is 1. The monoisotopic (exact) mass is 342 g/mol. The lowest BCUT2D eigenvalue weighted by Gasteiger charge is -2.38. The molecular formula is C16H20ClFN2O3.